The third kappa shape index (κ3) is 2.08. The van der Waals surface area contributed by atoms with Crippen molar-refractivity contribution in [3.63, 3.8) is 0 Å². The van der Waals surface area contributed by atoms with Crippen molar-refractivity contribution < 1.29 is 10.2 Å². The third-order valence-electron chi connectivity index (χ3n) is 2.50. The second-order valence-corrected chi connectivity index (χ2v) is 4.47. The van der Waals surface area contributed by atoms with Crippen LogP contribution in [0.2, 0.25) is 0 Å². The highest BCUT2D eigenvalue weighted by molar-refractivity contribution is 5.17. The van der Waals surface area contributed by atoms with Crippen LogP contribution in [0.1, 0.15) is 33.6 Å². The first-order valence-electron chi connectivity index (χ1n) is 4.48. The second kappa shape index (κ2) is 3.19. The Morgan fingerprint density at radius 2 is 2.17 bits per heavy atom. The zero-order chi connectivity index (χ0) is 9.35. The molecule has 0 spiro atoms. The normalized spacial score (nSPS) is 31.1. The van der Waals surface area contributed by atoms with E-state index in [-0.39, 0.29) is 5.41 Å². The topological polar surface area (TPSA) is 40.5 Å². The Bertz CT molecular complexity index is 192. The van der Waals surface area contributed by atoms with Gasteiger partial charge in [0.2, 0.25) is 0 Å². The van der Waals surface area contributed by atoms with Crippen molar-refractivity contribution in [1.82, 2.24) is 0 Å². The first-order chi connectivity index (χ1) is 5.42. The highest BCUT2D eigenvalue weighted by atomic mass is 16.3. The van der Waals surface area contributed by atoms with Gasteiger partial charge in [-0.1, -0.05) is 19.9 Å². The Labute approximate surface area is 73.9 Å². The fraction of sp³-hybridized carbons (Fsp3) is 0.800. The molecule has 1 rings (SSSR count). The van der Waals surface area contributed by atoms with E-state index in [9.17, 15) is 10.2 Å². The van der Waals surface area contributed by atoms with Gasteiger partial charge in [-0.05, 0) is 30.8 Å². The number of hydrogen-bond acceptors (Lipinski definition) is 2. The van der Waals surface area contributed by atoms with Crippen molar-refractivity contribution in [2.24, 2.45) is 5.41 Å². The van der Waals surface area contributed by atoms with Crippen molar-refractivity contribution in [3.8, 4) is 0 Å². The lowest BCUT2D eigenvalue weighted by Crippen LogP contribution is -2.30. The molecular weight excluding hydrogens is 152 g/mol. The molecule has 0 radical (unpaired) electrons. The van der Waals surface area contributed by atoms with Gasteiger partial charge in [0.15, 0.2) is 0 Å². The number of rotatable bonds is 1. The molecule has 2 N–H and O–H groups in total. The van der Waals surface area contributed by atoms with E-state index in [0.29, 0.717) is 0 Å². The van der Waals surface area contributed by atoms with E-state index < -0.39 is 12.2 Å². The summed E-state index contributed by atoms with van der Waals surface area (Å²) in [6.45, 7) is 5.96. The maximum Gasteiger partial charge on any atom is 0.0780 e. The Kier molecular flexibility index (Phi) is 2.59. The van der Waals surface area contributed by atoms with Gasteiger partial charge in [-0.25, -0.2) is 0 Å². The summed E-state index contributed by atoms with van der Waals surface area (Å²) < 4.78 is 0. The quantitative estimate of drug-likeness (QED) is 0.585. The number of allylic oxidation sites excluding steroid dienone is 1. The van der Waals surface area contributed by atoms with Gasteiger partial charge in [0.05, 0.1) is 12.2 Å². The summed E-state index contributed by atoms with van der Waals surface area (Å²) in [6, 6.07) is 0. The van der Waals surface area contributed by atoms with Crippen LogP contribution in [0.5, 0.6) is 0 Å². The minimum absolute atomic E-state index is 0.178. The molecule has 1 unspecified atom stereocenters. The molecule has 2 nitrogen and oxygen atoms in total. The van der Waals surface area contributed by atoms with E-state index in [1.807, 2.05) is 6.08 Å². The minimum atomic E-state index is -0.504. The summed E-state index contributed by atoms with van der Waals surface area (Å²) >= 11 is 0. The van der Waals surface area contributed by atoms with Crippen LogP contribution >= 0.6 is 0 Å². The fourth-order valence-electron chi connectivity index (χ4n) is 1.70. The average Bonchev–Trinajstić information content (AvgIpc) is 1.83. The maximum absolute atomic E-state index is 9.65. The highest BCUT2D eigenvalue weighted by Gasteiger charge is 2.29. The SMILES string of the molecule is CC(O)C1=CCC(C)(C)C[C@H]1O. The van der Waals surface area contributed by atoms with Crippen LogP contribution in [0.4, 0.5) is 0 Å². The molecule has 0 aliphatic heterocycles. The number of aliphatic hydroxyl groups is 2. The summed E-state index contributed by atoms with van der Waals surface area (Å²) in [4.78, 5) is 0. The second-order valence-electron chi connectivity index (χ2n) is 4.47. The molecule has 0 aromatic rings. The molecule has 0 saturated heterocycles. The van der Waals surface area contributed by atoms with E-state index in [1.165, 1.54) is 0 Å². The van der Waals surface area contributed by atoms with Crippen LogP contribution in [0.3, 0.4) is 0 Å². The molecule has 1 aliphatic rings. The molecule has 2 atom stereocenters. The van der Waals surface area contributed by atoms with Gasteiger partial charge < -0.3 is 10.2 Å². The van der Waals surface area contributed by atoms with E-state index in [1.54, 1.807) is 6.92 Å². The Hall–Kier alpha value is -0.340. The van der Waals surface area contributed by atoms with Crippen molar-refractivity contribution in [3.05, 3.63) is 11.6 Å². The summed E-state index contributed by atoms with van der Waals surface area (Å²) in [6.07, 6.45) is 2.72. The van der Waals surface area contributed by atoms with Crippen LogP contribution in [0.25, 0.3) is 0 Å². The lowest BCUT2D eigenvalue weighted by molar-refractivity contribution is 0.0997. The lowest BCUT2D eigenvalue weighted by Gasteiger charge is -2.33. The molecule has 70 valence electrons. The Morgan fingerprint density at radius 3 is 2.58 bits per heavy atom. The number of hydrogen-bond donors (Lipinski definition) is 2. The van der Waals surface area contributed by atoms with Crippen molar-refractivity contribution >= 4 is 0 Å². The van der Waals surface area contributed by atoms with E-state index >= 15 is 0 Å². The smallest absolute Gasteiger partial charge is 0.0780 e. The molecule has 0 saturated carbocycles. The van der Waals surface area contributed by atoms with Gasteiger partial charge in [0, 0.05) is 0 Å². The van der Waals surface area contributed by atoms with Gasteiger partial charge in [0.1, 0.15) is 0 Å². The summed E-state index contributed by atoms with van der Waals surface area (Å²) in [5.41, 5.74) is 0.965. The van der Waals surface area contributed by atoms with Crippen molar-refractivity contribution in [2.75, 3.05) is 0 Å². The first-order valence-corrected chi connectivity index (χ1v) is 4.48. The standard InChI is InChI=1S/C10H18O2/c1-7(11)8-4-5-10(2,3)6-9(8)12/h4,7,9,11-12H,5-6H2,1-3H3/t7?,9-/m1/s1. The van der Waals surface area contributed by atoms with Crippen LogP contribution in [0.15, 0.2) is 11.6 Å². The summed E-state index contributed by atoms with van der Waals surface area (Å²) in [5, 5.41) is 18.9. The summed E-state index contributed by atoms with van der Waals surface area (Å²) in [5.74, 6) is 0. The van der Waals surface area contributed by atoms with Gasteiger partial charge in [0.25, 0.3) is 0 Å². The molecule has 2 heteroatoms. The third-order valence-corrected chi connectivity index (χ3v) is 2.50. The molecule has 12 heavy (non-hydrogen) atoms. The van der Waals surface area contributed by atoms with Crippen LogP contribution in [-0.2, 0) is 0 Å². The molecular formula is C10H18O2. The zero-order valence-corrected chi connectivity index (χ0v) is 8.04. The molecule has 0 aromatic heterocycles. The minimum Gasteiger partial charge on any atom is -0.389 e. The fourth-order valence-corrected chi connectivity index (χ4v) is 1.70. The molecule has 0 fully saturated rings. The van der Waals surface area contributed by atoms with E-state index in [0.717, 1.165) is 18.4 Å². The molecule has 0 heterocycles. The van der Waals surface area contributed by atoms with Crippen LogP contribution in [0, 0.1) is 5.41 Å². The largest absolute Gasteiger partial charge is 0.389 e. The van der Waals surface area contributed by atoms with Crippen molar-refractivity contribution in [1.29, 1.82) is 0 Å². The van der Waals surface area contributed by atoms with E-state index in [2.05, 4.69) is 13.8 Å². The van der Waals surface area contributed by atoms with Gasteiger partial charge in [-0.15, -0.1) is 0 Å². The Morgan fingerprint density at radius 1 is 1.58 bits per heavy atom. The average molecular weight is 170 g/mol. The van der Waals surface area contributed by atoms with Crippen LogP contribution in [-0.4, -0.2) is 22.4 Å². The zero-order valence-electron chi connectivity index (χ0n) is 8.04. The monoisotopic (exact) mass is 170 g/mol. The lowest BCUT2D eigenvalue weighted by atomic mass is 9.76. The van der Waals surface area contributed by atoms with Crippen LogP contribution < -0.4 is 0 Å². The van der Waals surface area contributed by atoms with Gasteiger partial charge in [-0.2, -0.15) is 0 Å². The highest BCUT2D eigenvalue weighted by Crippen LogP contribution is 2.35. The Balaban J connectivity index is 2.74. The molecule has 0 amide bonds. The summed E-state index contributed by atoms with van der Waals surface area (Å²) in [7, 11) is 0. The molecule has 0 aromatic carbocycles. The van der Waals surface area contributed by atoms with E-state index in [4.69, 9.17) is 0 Å². The predicted octanol–water partition coefficient (Wildman–Crippen LogP) is 1.47. The van der Waals surface area contributed by atoms with Gasteiger partial charge >= 0.3 is 0 Å². The van der Waals surface area contributed by atoms with Crippen molar-refractivity contribution in [2.45, 2.75) is 45.8 Å². The first kappa shape index (κ1) is 9.75. The molecule has 0 bridgehead atoms. The predicted molar refractivity (Wildman–Crippen MR) is 48.8 cm³/mol. The maximum atomic E-state index is 9.65. The molecule has 1 aliphatic carbocycles. The van der Waals surface area contributed by atoms with Gasteiger partial charge in [-0.3, -0.25) is 0 Å². The number of aliphatic hydroxyl groups excluding tert-OH is 2.